The lowest BCUT2D eigenvalue weighted by molar-refractivity contribution is -0.0332. The van der Waals surface area contributed by atoms with Gasteiger partial charge in [0.2, 0.25) is 0 Å². The van der Waals surface area contributed by atoms with Gasteiger partial charge in [-0.05, 0) is 24.6 Å². The first kappa shape index (κ1) is 13.1. The van der Waals surface area contributed by atoms with E-state index in [-0.39, 0.29) is 29.7 Å². The first-order valence-corrected chi connectivity index (χ1v) is 5.97. The van der Waals surface area contributed by atoms with Crippen LogP contribution in [0.5, 0.6) is 0 Å². The second-order valence-corrected chi connectivity index (χ2v) is 5.08. The highest BCUT2D eigenvalue weighted by Crippen LogP contribution is 2.30. The third-order valence-corrected chi connectivity index (χ3v) is 3.18. The van der Waals surface area contributed by atoms with Gasteiger partial charge in [-0.3, -0.25) is 0 Å². The summed E-state index contributed by atoms with van der Waals surface area (Å²) in [5, 5.41) is 0. The van der Waals surface area contributed by atoms with Crippen LogP contribution in [0.2, 0.25) is 0 Å². The van der Waals surface area contributed by atoms with E-state index in [2.05, 4.69) is 0 Å². The van der Waals surface area contributed by atoms with Gasteiger partial charge in [-0.1, -0.05) is 12.8 Å². The Bertz CT molecular complexity index is 192. The first-order chi connectivity index (χ1) is 6.91. The highest BCUT2D eigenvalue weighted by atomic mass is 32.2. The number of hydrogen-bond donors (Lipinski definition) is 1. The average Bonchev–Trinajstić information content (AvgIpc) is 2.50. The summed E-state index contributed by atoms with van der Waals surface area (Å²) in [5.74, 6) is -0.0560. The molecule has 0 aliphatic heterocycles. The minimum atomic E-state index is -4.16. The molecule has 0 aromatic heterocycles. The zero-order valence-corrected chi connectivity index (χ0v) is 9.29. The number of thioether (sulfide) groups is 1. The SMILES string of the molecule is NC1(COCCSC(F)(F)F)CCCC1. The van der Waals surface area contributed by atoms with Crippen molar-refractivity contribution in [2.45, 2.75) is 36.7 Å². The number of rotatable bonds is 5. The Morgan fingerprint density at radius 2 is 1.87 bits per heavy atom. The number of halogens is 3. The Morgan fingerprint density at radius 3 is 2.40 bits per heavy atom. The molecule has 0 spiro atoms. The normalized spacial score (nSPS) is 20.8. The van der Waals surface area contributed by atoms with E-state index in [0.29, 0.717) is 6.61 Å². The summed E-state index contributed by atoms with van der Waals surface area (Å²) in [6, 6.07) is 0. The predicted molar refractivity (Wildman–Crippen MR) is 54.7 cm³/mol. The van der Waals surface area contributed by atoms with Crippen LogP contribution in [-0.4, -0.2) is 30.0 Å². The predicted octanol–water partition coefficient (Wildman–Crippen LogP) is 2.53. The van der Waals surface area contributed by atoms with Gasteiger partial charge in [0.1, 0.15) is 0 Å². The summed E-state index contributed by atoms with van der Waals surface area (Å²) in [5.41, 5.74) is 1.53. The van der Waals surface area contributed by atoms with Crippen molar-refractivity contribution >= 4 is 11.8 Å². The molecule has 0 aromatic rings. The van der Waals surface area contributed by atoms with Crippen LogP contribution in [0.15, 0.2) is 0 Å². The monoisotopic (exact) mass is 243 g/mol. The van der Waals surface area contributed by atoms with Crippen LogP contribution in [0.1, 0.15) is 25.7 Å². The Hall–Kier alpha value is 0.0600. The van der Waals surface area contributed by atoms with E-state index in [0.717, 1.165) is 25.7 Å². The number of hydrogen-bond acceptors (Lipinski definition) is 3. The molecule has 6 heteroatoms. The summed E-state index contributed by atoms with van der Waals surface area (Å²) in [7, 11) is 0. The highest BCUT2D eigenvalue weighted by Gasteiger charge is 2.30. The molecule has 0 saturated heterocycles. The Labute approximate surface area is 91.7 Å². The van der Waals surface area contributed by atoms with Crippen molar-refractivity contribution in [2.75, 3.05) is 19.0 Å². The fourth-order valence-corrected chi connectivity index (χ4v) is 2.15. The number of ether oxygens (including phenoxy) is 1. The Balaban J connectivity index is 2.02. The Morgan fingerprint density at radius 1 is 1.27 bits per heavy atom. The maximum atomic E-state index is 11.7. The van der Waals surface area contributed by atoms with E-state index in [9.17, 15) is 13.2 Å². The van der Waals surface area contributed by atoms with Crippen LogP contribution in [0.4, 0.5) is 13.2 Å². The molecule has 1 fully saturated rings. The summed E-state index contributed by atoms with van der Waals surface area (Å²) in [4.78, 5) is 0. The summed E-state index contributed by atoms with van der Waals surface area (Å²) in [6.07, 6.45) is 4.02. The van der Waals surface area contributed by atoms with Gasteiger partial charge in [0.15, 0.2) is 0 Å². The molecule has 1 aliphatic rings. The zero-order valence-electron chi connectivity index (χ0n) is 8.48. The van der Waals surface area contributed by atoms with Gasteiger partial charge in [-0.25, -0.2) is 0 Å². The van der Waals surface area contributed by atoms with Gasteiger partial charge in [-0.2, -0.15) is 13.2 Å². The van der Waals surface area contributed by atoms with Crippen LogP contribution >= 0.6 is 11.8 Å². The van der Waals surface area contributed by atoms with E-state index in [1.165, 1.54) is 0 Å². The van der Waals surface area contributed by atoms with E-state index in [1.54, 1.807) is 0 Å². The van der Waals surface area contributed by atoms with Gasteiger partial charge in [0.05, 0.1) is 13.2 Å². The minimum Gasteiger partial charge on any atom is -0.379 e. The molecular formula is C9H16F3NOS. The highest BCUT2D eigenvalue weighted by molar-refractivity contribution is 8.00. The fourth-order valence-electron chi connectivity index (χ4n) is 1.72. The molecule has 0 unspecified atom stereocenters. The molecular weight excluding hydrogens is 227 g/mol. The molecule has 1 rings (SSSR count). The largest absolute Gasteiger partial charge is 0.441 e. The maximum absolute atomic E-state index is 11.7. The molecule has 0 bridgehead atoms. The van der Waals surface area contributed by atoms with Crippen molar-refractivity contribution in [1.82, 2.24) is 0 Å². The van der Waals surface area contributed by atoms with Crippen molar-refractivity contribution in [3.63, 3.8) is 0 Å². The minimum absolute atomic E-state index is 0.0508. The number of alkyl halides is 3. The third kappa shape index (κ3) is 5.63. The van der Waals surface area contributed by atoms with Crippen molar-refractivity contribution < 1.29 is 17.9 Å². The lowest BCUT2D eigenvalue weighted by atomic mass is 10.0. The van der Waals surface area contributed by atoms with Crippen LogP contribution in [-0.2, 0) is 4.74 Å². The maximum Gasteiger partial charge on any atom is 0.441 e. The van der Waals surface area contributed by atoms with E-state index >= 15 is 0 Å². The molecule has 0 radical (unpaired) electrons. The fraction of sp³-hybridized carbons (Fsp3) is 1.00. The van der Waals surface area contributed by atoms with E-state index in [4.69, 9.17) is 10.5 Å². The van der Waals surface area contributed by atoms with Crippen molar-refractivity contribution in [2.24, 2.45) is 5.73 Å². The molecule has 15 heavy (non-hydrogen) atoms. The second kappa shape index (κ2) is 5.41. The van der Waals surface area contributed by atoms with Crippen molar-refractivity contribution in [3.8, 4) is 0 Å². The molecule has 2 N–H and O–H groups in total. The first-order valence-electron chi connectivity index (χ1n) is 4.99. The Kier molecular flexibility index (Phi) is 4.73. The molecule has 90 valence electrons. The molecule has 0 amide bonds. The van der Waals surface area contributed by atoms with Crippen LogP contribution in [0.3, 0.4) is 0 Å². The van der Waals surface area contributed by atoms with Gasteiger partial charge >= 0.3 is 5.51 Å². The quantitative estimate of drug-likeness (QED) is 0.754. The third-order valence-electron chi connectivity index (χ3n) is 2.48. The van der Waals surface area contributed by atoms with Gasteiger partial charge in [0.25, 0.3) is 0 Å². The average molecular weight is 243 g/mol. The van der Waals surface area contributed by atoms with Crippen molar-refractivity contribution in [1.29, 1.82) is 0 Å². The van der Waals surface area contributed by atoms with Crippen LogP contribution in [0, 0.1) is 0 Å². The standard InChI is InChI=1S/C9H16F3NOS/c10-9(11,12)15-6-5-14-7-8(13)3-1-2-4-8/h1-7,13H2. The van der Waals surface area contributed by atoms with Gasteiger partial charge < -0.3 is 10.5 Å². The van der Waals surface area contributed by atoms with Crippen LogP contribution < -0.4 is 5.73 Å². The summed E-state index contributed by atoms with van der Waals surface area (Å²) in [6.45, 7) is 0.495. The van der Waals surface area contributed by atoms with E-state index in [1.807, 2.05) is 0 Å². The topological polar surface area (TPSA) is 35.2 Å². The smallest absolute Gasteiger partial charge is 0.379 e. The molecule has 1 saturated carbocycles. The van der Waals surface area contributed by atoms with Crippen LogP contribution in [0.25, 0.3) is 0 Å². The summed E-state index contributed by atoms with van der Waals surface area (Å²) < 4.78 is 40.4. The zero-order chi connectivity index (χ0) is 11.4. The molecule has 0 heterocycles. The summed E-state index contributed by atoms with van der Waals surface area (Å²) >= 11 is -0.0508. The molecule has 0 atom stereocenters. The van der Waals surface area contributed by atoms with E-state index < -0.39 is 5.51 Å². The lowest BCUT2D eigenvalue weighted by Crippen LogP contribution is -2.41. The van der Waals surface area contributed by atoms with Gasteiger partial charge in [0, 0.05) is 11.3 Å². The van der Waals surface area contributed by atoms with Crippen molar-refractivity contribution in [3.05, 3.63) is 0 Å². The molecule has 2 nitrogen and oxygen atoms in total. The lowest BCUT2D eigenvalue weighted by Gasteiger charge is -2.23. The second-order valence-electron chi connectivity index (χ2n) is 3.92. The van der Waals surface area contributed by atoms with Gasteiger partial charge in [-0.15, -0.1) is 0 Å². The molecule has 1 aliphatic carbocycles. The number of nitrogens with two attached hydrogens (primary N) is 1. The molecule has 0 aromatic carbocycles.